The van der Waals surface area contributed by atoms with E-state index in [2.05, 4.69) is 32.0 Å². The molecule has 0 spiro atoms. The summed E-state index contributed by atoms with van der Waals surface area (Å²) < 4.78 is 2.11. The lowest BCUT2D eigenvalue weighted by Gasteiger charge is -2.08. The third-order valence-corrected chi connectivity index (χ3v) is 3.14. The zero-order chi connectivity index (χ0) is 13.8. The molecule has 4 nitrogen and oxygen atoms in total. The first-order chi connectivity index (χ1) is 9.86. The zero-order valence-corrected chi connectivity index (χ0v) is 11.3. The summed E-state index contributed by atoms with van der Waals surface area (Å²) in [6, 6.07) is 16.2. The number of benzene rings is 1. The van der Waals surface area contributed by atoms with E-state index < -0.39 is 0 Å². The summed E-state index contributed by atoms with van der Waals surface area (Å²) in [5.74, 6) is 1.84. The van der Waals surface area contributed by atoms with Crippen molar-refractivity contribution >= 4 is 5.82 Å². The summed E-state index contributed by atoms with van der Waals surface area (Å²) in [4.78, 5) is 8.99. The molecule has 20 heavy (non-hydrogen) atoms. The Morgan fingerprint density at radius 3 is 2.70 bits per heavy atom. The number of nitrogens with zero attached hydrogens (tertiary/aromatic N) is 3. The zero-order valence-electron chi connectivity index (χ0n) is 11.3. The Morgan fingerprint density at radius 1 is 1.05 bits per heavy atom. The second kappa shape index (κ2) is 5.57. The molecule has 0 atom stereocenters. The quantitative estimate of drug-likeness (QED) is 0.787. The lowest BCUT2D eigenvalue weighted by molar-refractivity contribution is 0.783. The highest BCUT2D eigenvalue weighted by Gasteiger charge is 2.06. The van der Waals surface area contributed by atoms with Crippen molar-refractivity contribution in [3.8, 4) is 11.4 Å². The molecule has 0 aliphatic heterocycles. The van der Waals surface area contributed by atoms with Gasteiger partial charge in [-0.1, -0.05) is 36.4 Å². The Labute approximate surface area is 118 Å². The summed E-state index contributed by atoms with van der Waals surface area (Å²) in [7, 11) is 1.87. The van der Waals surface area contributed by atoms with Crippen LogP contribution in [0.5, 0.6) is 0 Å². The molecular formula is C16H16N4. The number of pyridine rings is 1. The monoisotopic (exact) mass is 264 g/mol. The van der Waals surface area contributed by atoms with Gasteiger partial charge < -0.3 is 9.88 Å². The molecule has 0 saturated carbocycles. The summed E-state index contributed by atoms with van der Waals surface area (Å²) in [5.41, 5.74) is 2.12. The van der Waals surface area contributed by atoms with E-state index in [9.17, 15) is 0 Å². The van der Waals surface area contributed by atoms with Gasteiger partial charge in [0.15, 0.2) is 0 Å². The maximum atomic E-state index is 4.54. The number of rotatable bonds is 4. The molecule has 3 aromatic rings. The molecule has 2 heterocycles. The molecule has 0 aliphatic carbocycles. The highest BCUT2D eigenvalue weighted by molar-refractivity contribution is 5.55. The normalized spacial score (nSPS) is 10.4. The molecule has 0 fully saturated rings. The van der Waals surface area contributed by atoms with Crippen molar-refractivity contribution in [1.29, 1.82) is 0 Å². The van der Waals surface area contributed by atoms with Crippen LogP contribution < -0.4 is 5.32 Å². The lowest BCUT2D eigenvalue weighted by Crippen LogP contribution is -2.04. The van der Waals surface area contributed by atoms with Gasteiger partial charge in [0.1, 0.15) is 11.6 Å². The minimum atomic E-state index is 0.708. The van der Waals surface area contributed by atoms with E-state index in [-0.39, 0.29) is 0 Å². The van der Waals surface area contributed by atoms with Crippen LogP contribution >= 0.6 is 0 Å². The first-order valence-corrected chi connectivity index (χ1v) is 6.57. The van der Waals surface area contributed by atoms with Crippen molar-refractivity contribution in [3.63, 3.8) is 0 Å². The molecule has 0 amide bonds. The first kappa shape index (κ1) is 12.4. The molecule has 3 rings (SSSR count). The van der Waals surface area contributed by atoms with Gasteiger partial charge in [-0.05, 0) is 12.1 Å². The van der Waals surface area contributed by atoms with Crippen LogP contribution in [-0.2, 0) is 6.54 Å². The van der Waals surface area contributed by atoms with E-state index in [1.165, 1.54) is 0 Å². The molecular weight excluding hydrogens is 248 g/mol. The van der Waals surface area contributed by atoms with Crippen molar-refractivity contribution < 1.29 is 0 Å². The highest BCUT2D eigenvalue weighted by Crippen LogP contribution is 2.18. The lowest BCUT2D eigenvalue weighted by atomic mass is 10.2. The van der Waals surface area contributed by atoms with Crippen molar-refractivity contribution in [2.24, 2.45) is 0 Å². The molecule has 0 aliphatic rings. The van der Waals surface area contributed by atoms with Crippen molar-refractivity contribution in [2.75, 3.05) is 12.4 Å². The number of imidazole rings is 1. The molecule has 0 bridgehead atoms. The van der Waals surface area contributed by atoms with Crippen molar-refractivity contribution in [3.05, 3.63) is 66.6 Å². The Morgan fingerprint density at radius 2 is 1.90 bits per heavy atom. The van der Waals surface area contributed by atoms with Gasteiger partial charge in [0.05, 0.1) is 12.2 Å². The third kappa shape index (κ3) is 2.54. The standard InChI is InChI=1S/C16H16N4/c1-17-15-9-5-8-14(19-15)12-20-11-10-18-16(20)13-6-3-2-4-7-13/h2-11H,12H2,1H3,(H,17,19). The molecule has 1 N–H and O–H groups in total. The van der Waals surface area contributed by atoms with Gasteiger partial charge >= 0.3 is 0 Å². The first-order valence-electron chi connectivity index (χ1n) is 6.57. The van der Waals surface area contributed by atoms with Crippen LogP contribution in [0.3, 0.4) is 0 Å². The third-order valence-electron chi connectivity index (χ3n) is 3.14. The highest BCUT2D eigenvalue weighted by atomic mass is 15.1. The predicted octanol–water partition coefficient (Wildman–Crippen LogP) is 3.04. The molecule has 1 aromatic carbocycles. The van der Waals surface area contributed by atoms with Crippen LogP contribution in [0.1, 0.15) is 5.69 Å². The van der Waals surface area contributed by atoms with Gasteiger partial charge in [-0.25, -0.2) is 9.97 Å². The van der Waals surface area contributed by atoms with E-state index >= 15 is 0 Å². The number of nitrogens with one attached hydrogen (secondary N) is 1. The Kier molecular flexibility index (Phi) is 3.46. The van der Waals surface area contributed by atoms with E-state index in [0.717, 1.165) is 22.9 Å². The van der Waals surface area contributed by atoms with Crippen LogP contribution in [0.4, 0.5) is 5.82 Å². The van der Waals surface area contributed by atoms with Crippen LogP contribution in [0, 0.1) is 0 Å². The van der Waals surface area contributed by atoms with E-state index in [1.807, 2.05) is 55.8 Å². The molecule has 0 unspecified atom stereocenters. The fraction of sp³-hybridized carbons (Fsp3) is 0.125. The van der Waals surface area contributed by atoms with Gasteiger partial charge in [0.2, 0.25) is 0 Å². The topological polar surface area (TPSA) is 42.7 Å². The van der Waals surface area contributed by atoms with Gasteiger partial charge in [0.25, 0.3) is 0 Å². The van der Waals surface area contributed by atoms with Gasteiger partial charge in [0, 0.05) is 25.0 Å². The number of hydrogen-bond donors (Lipinski definition) is 1. The van der Waals surface area contributed by atoms with Crippen LogP contribution in [0.2, 0.25) is 0 Å². The van der Waals surface area contributed by atoms with Gasteiger partial charge in [-0.2, -0.15) is 0 Å². The number of hydrogen-bond acceptors (Lipinski definition) is 3. The molecule has 2 aromatic heterocycles. The maximum absolute atomic E-state index is 4.54. The van der Waals surface area contributed by atoms with Crippen molar-refractivity contribution in [2.45, 2.75) is 6.54 Å². The number of anilines is 1. The average Bonchev–Trinajstić information content (AvgIpc) is 2.96. The van der Waals surface area contributed by atoms with Crippen LogP contribution in [0.15, 0.2) is 60.9 Å². The second-order valence-electron chi connectivity index (χ2n) is 4.51. The fourth-order valence-corrected chi connectivity index (χ4v) is 2.17. The van der Waals surface area contributed by atoms with E-state index in [4.69, 9.17) is 0 Å². The van der Waals surface area contributed by atoms with Gasteiger partial charge in [-0.3, -0.25) is 0 Å². The Balaban J connectivity index is 1.90. The molecule has 0 saturated heterocycles. The minimum Gasteiger partial charge on any atom is -0.373 e. The Hall–Kier alpha value is -2.62. The SMILES string of the molecule is CNc1cccc(Cn2ccnc2-c2ccccc2)n1. The summed E-state index contributed by atoms with van der Waals surface area (Å²) in [6.07, 6.45) is 3.81. The molecule has 0 radical (unpaired) electrons. The smallest absolute Gasteiger partial charge is 0.140 e. The van der Waals surface area contributed by atoms with Gasteiger partial charge in [-0.15, -0.1) is 0 Å². The van der Waals surface area contributed by atoms with Crippen LogP contribution in [-0.4, -0.2) is 21.6 Å². The fourth-order valence-electron chi connectivity index (χ4n) is 2.17. The summed E-state index contributed by atoms with van der Waals surface area (Å²) in [6.45, 7) is 0.708. The predicted molar refractivity (Wildman–Crippen MR) is 80.5 cm³/mol. The molecule has 4 heteroatoms. The van der Waals surface area contributed by atoms with E-state index in [0.29, 0.717) is 6.54 Å². The van der Waals surface area contributed by atoms with Crippen LogP contribution in [0.25, 0.3) is 11.4 Å². The summed E-state index contributed by atoms with van der Waals surface area (Å²) >= 11 is 0. The minimum absolute atomic E-state index is 0.708. The van der Waals surface area contributed by atoms with E-state index in [1.54, 1.807) is 0 Å². The number of aromatic nitrogens is 3. The largest absolute Gasteiger partial charge is 0.373 e. The Bertz CT molecular complexity index is 688. The summed E-state index contributed by atoms with van der Waals surface area (Å²) in [5, 5.41) is 3.06. The maximum Gasteiger partial charge on any atom is 0.140 e. The average molecular weight is 264 g/mol. The second-order valence-corrected chi connectivity index (χ2v) is 4.51. The van der Waals surface area contributed by atoms with Crippen molar-refractivity contribution in [1.82, 2.24) is 14.5 Å². The molecule has 100 valence electrons.